The quantitative estimate of drug-likeness (QED) is 0.804. The molecule has 1 aromatic rings. The highest BCUT2D eigenvalue weighted by Crippen LogP contribution is 2.60. The molecule has 1 heterocycles. The van der Waals surface area contributed by atoms with E-state index in [1.54, 1.807) is 0 Å². The third-order valence-electron chi connectivity index (χ3n) is 4.16. The van der Waals surface area contributed by atoms with Crippen LogP contribution in [0.2, 0.25) is 0 Å². The van der Waals surface area contributed by atoms with Gasteiger partial charge in [-0.3, -0.25) is 9.89 Å². The molecule has 3 rings (SSSR count). The summed E-state index contributed by atoms with van der Waals surface area (Å²) in [7, 11) is 0. The second-order valence-electron chi connectivity index (χ2n) is 5.68. The molecule has 0 saturated heterocycles. The van der Waals surface area contributed by atoms with Crippen LogP contribution in [0.15, 0.2) is 0 Å². The molecule has 2 saturated carbocycles. The Hall–Kier alpha value is -1.39. The Morgan fingerprint density at radius 1 is 1.50 bits per heavy atom. The molecule has 0 aromatic carbocycles. The van der Waals surface area contributed by atoms with E-state index in [-0.39, 0.29) is 11.7 Å². The number of aromatic nitrogens is 3. The molecule has 0 unspecified atom stereocenters. The fourth-order valence-electron chi connectivity index (χ4n) is 2.67. The number of nitrogens with zero attached hydrogens (tertiary/aromatic N) is 2. The normalized spacial score (nSPS) is 20.7. The number of aryl methyl sites for hydroxylation is 1. The number of rotatable bonds is 6. The van der Waals surface area contributed by atoms with Crippen molar-refractivity contribution in [3.05, 3.63) is 11.6 Å². The molecule has 0 radical (unpaired) electrons. The summed E-state index contributed by atoms with van der Waals surface area (Å²) in [5.41, 5.74) is 0.429. The lowest BCUT2D eigenvalue weighted by Gasteiger charge is -2.13. The fraction of sp³-hybridized carbons (Fsp3) is 0.769. The topological polar surface area (TPSA) is 70.7 Å². The number of aromatic amines is 1. The number of amides is 1. The molecule has 2 aliphatic carbocycles. The molecule has 1 aromatic heterocycles. The second-order valence-corrected chi connectivity index (χ2v) is 5.68. The zero-order chi connectivity index (χ0) is 12.6. The molecule has 0 spiro atoms. The summed E-state index contributed by atoms with van der Waals surface area (Å²) >= 11 is 0. The number of hydrogen-bond donors (Lipinski definition) is 2. The summed E-state index contributed by atoms with van der Waals surface area (Å²) in [6.45, 7) is 2.88. The first-order chi connectivity index (χ1) is 8.73. The molecule has 1 amide bonds. The van der Waals surface area contributed by atoms with Gasteiger partial charge in [0.2, 0.25) is 5.82 Å². The van der Waals surface area contributed by atoms with Crippen molar-refractivity contribution >= 4 is 5.91 Å². The van der Waals surface area contributed by atoms with Gasteiger partial charge >= 0.3 is 0 Å². The van der Waals surface area contributed by atoms with Crippen LogP contribution in [0.5, 0.6) is 0 Å². The first-order valence-electron chi connectivity index (χ1n) is 6.93. The van der Waals surface area contributed by atoms with E-state index < -0.39 is 0 Å². The molecule has 98 valence electrons. The molecule has 0 bridgehead atoms. The van der Waals surface area contributed by atoms with Crippen molar-refractivity contribution in [2.75, 3.05) is 6.54 Å². The Labute approximate surface area is 107 Å². The van der Waals surface area contributed by atoms with Crippen molar-refractivity contribution in [3.63, 3.8) is 0 Å². The maximum absolute atomic E-state index is 11.9. The Balaban J connectivity index is 1.54. The van der Waals surface area contributed by atoms with Gasteiger partial charge in [-0.05, 0) is 43.4 Å². The van der Waals surface area contributed by atoms with Crippen LogP contribution in [0.25, 0.3) is 0 Å². The summed E-state index contributed by atoms with van der Waals surface area (Å²) in [6.07, 6.45) is 7.07. The number of hydrogen-bond acceptors (Lipinski definition) is 3. The van der Waals surface area contributed by atoms with Crippen LogP contribution in [0.3, 0.4) is 0 Å². The van der Waals surface area contributed by atoms with E-state index in [2.05, 4.69) is 27.4 Å². The van der Waals surface area contributed by atoms with Crippen molar-refractivity contribution in [2.45, 2.75) is 45.4 Å². The molecule has 2 aliphatic rings. The summed E-state index contributed by atoms with van der Waals surface area (Å²) in [6, 6.07) is 0. The fourth-order valence-corrected chi connectivity index (χ4v) is 2.67. The predicted molar refractivity (Wildman–Crippen MR) is 67.1 cm³/mol. The third kappa shape index (κ3) is 2.26. The van der Waals surface area contributed by atoms with Gasteiger partial charge in [-0.25, -0.2) is 4.98 Å². The van der Waals surface area contributed by atoms with Crippen molar-refractivity contribution in [1.82, 2.24) is 20.5 Å². The summed E-state index contributed by atoms with van der Waals surface area (Å²) < 4.78 is 0. The Morgan fingerprint density at radius 2 is 2.28 bits per heavy atom. The van der Waals surface area contributed by atoms with Gasteiger partial charge in [0.1, 0.15) is 5.82 Å². The smallest absolute Gasteiger partial charge is 0.290 e. The Morgan fingerprint density at radius 3 is 2.89 bits per heavy atom. The molecule has 5 heteroatoms. The zero-order valence-corrected chi connectivity index (χ0v) is 10.8. The van der Waals surface area contributed by atoms with Crippen molar-refractivity contribution in [3.8, 4) is 0 Å². The predicted octanol–water partition coefficient (Wildman–Crippen LogP) is 1.68. The number of carbonyl (C=O) groups excluding carboxylic acids is 1. The average molecular weight is 248 g/mol. The minimum absolute atomic E-state index is 0.138. The minimum atomic E-state index is -0.138. The highest BCUT2D eigenvalue weighted by atomic mass is 16.2. The summed E-state index contributed by atoms with van der Waals surface area (Å²) in [5, 5.41) is 9.78. The summed E-state index contributed by atoms with van der Waals surface area (Å²) in [4.78, 5) is 16.1. The standard InChI is InChI=1S/C13H20N4O/c1-2-3-10-15-11(17-16-10)12(18)14-8-13(6-7-13)9-4-5-9/h9H,2-8H2,1H3,(H,14,18)(H,15,16,17). The lowest BCUT2D eigenvalue weighted by Crippen LogP contribution is -2.31. The van der Waals surface area contributed by atoms with Crippen molar-refractivity contribution < 1.29 is 4.79 Å². The molecule has 2 N–H and O–H groups in total. The largest absolute Gasteiger partial charge is 0.349 e. The average Bonchev–Trinajstić information content (AvgIpc) is 3.25. The number of nitrogens with one attached hydrogen (secondary N) is 2. The Kier molecular flexibility index (Phi) is 2.84. The van der Waals surface area contributed by atoms with Gasteiger partial charge in [-0.2, -0.15) is 0 Å². The first kappa shape index (κ1) is 11.7. The molecular formula is C13H20N4O. The van der Waals surface area contributed by atoms with E-state index in [1.165, 1.54) is 25.7 Å². The zero-order valence-electron chi connectivity index (χ0n) is 10.8. The van der Waals surface area contributed by atoms with E-state index in [0.717, 1.165) is 31.1 Å². The monoisotopic (exact) mass is 248 g/mol. The molecule has 5 nitrogen and oxygen atoms in total. The van der Waals surface area contributed by atoms with Gasteiger partial charge in [0, 0.05) is 13.0 Å². The number of carbonyl (C=O) groups is 1. The van der Waals surface area contributed by atoms with Crippen LogP contribution in [-0.4, -0.2) is 27.6 Å². The van der Waals surface area contributed by atoms with Crippen LogP contribution >= 0.6 is 0 Å². The van der Waals surface area contributed by atoms with E-state index >= 15 is 0 Å². The summed E-state index contributed by atoms with van der Waals surface area (Å²) in [5.74, 6) is 1.80. The first-order valence-corrected chi connectivity index (χ1v) is 6.93. The van der Waals surface area contributed by atoms with Crippen molar-refractivity contribution in [2.24, 2.45) is 11.3 Å². The molecule has 0 aliphatic heterocycles. The van der Waals surface area contributed by atoms with E-state index in [1.807, 2.05) is 0 Å². The lowest BCUT2D eigenvalue weighted by molar-refractivity contribution is 0.0932. The van der Waals surface area contributed by atoms with Crippen LogP contribution in [0.1, 0.15) is 55.5 Å². The van der Waals surface area contributed by atoms with Gasteiger partial charge in [-0.15, -0.1) is 5.10 Å². The van der Waals surface area contributed by atoms with E-state index in [9.17, 15) is 4.79 Å². The van der Waals surface area contributed by atoms with Gasteiger partial charge in [0.05, 0.1) is 0 Å². The van der Waals surface area contributed by atoms with E-state index in [4.69, 9.17) is 0 Å². The van der Waals surface area contributed by atoms with Crippen LogP contribution in [-0.2, 0) is 6.42 Å². The molecule has 0 atom stereocenters. The maximum atomic E-state index is 11.9. The minimum Gasteiger partial charge on any atom is -0.349 e. The molecule has 18 heavy (non-hydrogen) atoms. The maximum Gasteiger partial charge on any atom is 0.290 e. The van der Waals surface area contributed by atoms with E-state index in [0.29, 0.717) is 5.41 Å². The molecule has 2 fully saturated rings. The SMILES string of the molecule is CCCc1nc(C(=O)NCC2(C3CC3)CC2)n[nH]1. The molecular weight excluding hydrogens is 228 g/mol. The highest BCUT2D eigenvalue weighted by Gasteiger charge is 2.53. The van der Waals surface area contributed by atoms with Gasteiger partial charge in [0.25, 0.3) is 5.91 Å². The highest BCUT2D eigenvalue weighted by molar-refractivity contribution is 5.90. The van der Waals surface area contributed by atoms with Crippen LogP contribution in [0.4, 0.5) is 0 Å². The van der Waals surface area contributed by atoms with Gasteiger partial charge in [0.15, 0.2) is 0 Å². The van der Waals surface area contributed by atoms with Gasteiger partial charge in [-0.1, -0.05) is 6.92 Å². The number of H-pyrrole nitrogens is 1. The van der Waals surface area contributed by atoms with Crippen LogP contribution in [0, 0.1) is 11.3 Å². The second kappa shape index (κ2) is 4.37. The van der Waals surface area contributed by atoms with Crippen LogP contribution < -0.4 is 5.32 Å². The van der Waals surface area contributed by atoms with Gasteiger partial charge < -0.3 is 5.32 Å². The lowest BCUT2D eigenvalue weighted by atomic mass is 10.0. The Bertz CT molecular complexity index is 446. The van der Waals surface area contributed by atoms with Crippen molar-refractivity contribution in [1.29, 1.82) is 0 Å². The third-order valence-corrected chi connectivity index (χ3v) is 4.16.